The standard InChI is InChI=1S/C13H13N5O2/c1-9(15-13(19)7-18-8-14-16-17-18)12-6-10-4-2-3-5-11(10)20-12/h2-6,8-9H,7H2,1H3,(H,15,19). The average molecular weight is 271 g/mol. The van der Waals surface area contributed by atoms with E-state index < -0.39 is 0 Å². The highest BCUT2D eigenvalue weighted by Crippen LogP contribution is 2.23. The number of nitrogens with one attached hydrogen (secondary N) is 1. The molecule has 0 spiro atoms. The highest BCUT2D eigenvalue weighted by atomic mass is 16.3. The van der Waals surface area contributed by atoms with E-state index >= 15 is 0 Å². The minimum absolute atomic E-state index is 0.0809. The van der Waals surface area contributed by atoms with Gasteiger partial charge in [-0.1, -0.05) is 18.2 Å². The summed E-state index contributed by atoms with van der Waals surface area (Å²) in [4.78, 5) is 11.8. The molecule has 1 N–H and O–H groups in total. The van der Waals surface area contributed by atoms with E-state index in [1.54, 1.807) is 0 Å². The van der Waals surface area contributed by atoms with Crippen molar-refractivity contribution in [1.82, 2.24) is 25.5 Å². The molecule has 0 aliphatic carbocycles. The van der Waals surface area contributed by atoms with Crippen molar-refractivity contribution in [1.29, 1.82) is 0 Å². The molecule has 3 aromatic rings. The van der Waals surface area contributed by atoms with Crippen LogP contribution in [0.5, 0.6) is 0 Å². The molecule has 2 aromatic heterocycles. The SMILES string of the molecule is CC(NC(=O)Cn1cnnn1)c1cc2ccccc2o1. The Labute approximate surface area is 114 Å². The van der Waals surface area contributed by atoms with Crippen LogP contribution in [0.25, 0.3) is 11.0 Å². The fourth-order valence-corrected chi connectivity index (χ4v) is 1.97. The summed E-state index contributed by atoms with van der Waals surface area (Å²) < 4.78 is 7.07. The molecule has 7 heteroatoms. The minimum atomic E-state index is -0.216. The zero-order valence-electron chi connectivity index (χ0n) is 10.9. The molecule has 102 valence electrons. The summed E-state index contributed by atoms with van der Waals surface area (Å²) in [5, 5.41) is 14.5. The molecule has 7 nitrogen and oxygen atoms in total. The number of carbonyl (C=O) groups excluding carboxylic acids is 1. The molecule has 0 bridgehead atoms. The topological polar surface area (TPSA) is 85.8 Å². The fourth-order valence-electron chi connectivity index (χ4n) is 1.97. The summed E-state index contributed by atoms with van der Waals surface area (Å²) in [5.74, 6) is 0.543. The number of aromatic nitrogens is 4. The summed E-state index contributed by atoms with van der Waals surface area (Å²) in [6, 6.07) is 9.44. The molecule has 0 saturated heterocycles. The molecular weight excluding hydrogens is 258 g/mol. The Morgan fingerprint density at radius 3 is 3.05 bits per heavy atom. The van der Waals surface area contributed by atoms with Crippen LogP contribution in [0.2, 0.25) is 0 Å². The Kier molecular flexibility index (Phi) is 3.16. The van der Waals surface area contributed by atoms with Gasteiger partial charge in [0, 0.05) is 5.39 Å². The van der Waals surface area contributed by atoms with Gasteiger partial charge in [-0.25, -0.2) is 4.68 Å². The molecule has 2 heterocycles. The van der Waals surface area contributed by atoms with E-state index in [2.05, 4.69) is 20.8 Å². The third kappa shape index (κ3) is 2.51. The van der Waals surface area contributed by atoms with Crippen molar-refractivity contribution in [2.75, 3.05) is 0 Å². The van der Waals surface area contributed by atoms with Crippen LogP contribution >= 0.6 is 0 Å². The number of hydrogen-bond donors (Lipinski definition) is 1. The predicted octanol–water partition coefficient (Wildman–Crippen LogP) is 1.30. The van der Waals surface area contributed by atoms with Crippen LogP contribution in [-0.2, 0) is 11.3 Å². The summed E-state index contributed by atoms with van der Waals surface area (Å²) >= 11 is 0. The van der Waals surface area contributed by atoms with Crippen LogP contribution in [0, 0.1) is 0 Å². The van der Waals surface area contributed by atoms with Crippen molar-refractivity contribution in [3.05, 3.63) is 42.4 Å². The van der Waals surface area contributed by atoms with Gasteiger partial charge >= 0.3 is 0 Å². The van der Waals surface area contributed by atoms with Crippen molar-refractivity contribution in [3.63, 3.8) is 0 Å². The lowest BCUT2D eigenvalue weighted by Crippen LogP contribution is -2.30. The Morgan fingerprint density at radius 2 is 2.30 bits per heavy atom. The largest absolute Gasteiger partial charge is 0.459 e. The van der Waals surface area contributed by atoms with E-state index in [1.165, 1.54) is 11.0 Å². The molecule has 1 aromatic carbocycles. The summed E-state index contributed by atoms with van der Waals surface area (Å²) in [6.07, 6.45) is 1.39. The molecule has 1 amide bonds. The van der Waals surface area contributed by atoms with Crippen LogP contribution in [-0.4, -0.2) is 26.1 Å². The van der Waals surface area contributed by atoms with E-state index in [-0.39, 0.29) is 18.5 Å². The van der Waals surface area contributed by atoms with Gasteiger partial charge in [-0.2, -0.15) is 0 Å². The lowest BCUT2D eigenvalue weighted by Gasteiger charge is -2.10. The highest BCUT2D eigenvalue weighted by Gasteiger charge is 2.14. The van der Waals surface area contributed by atoms with Crippen LogP contribution in [0.3, 0.4) is 0 Å². The van der Waals surface area contributed by atoms with Gasteiger partial charge in [0.05, 0.1) is 6.04 Å². The second kappa shape index (κ2) is 5.12. The molecule has 0 saturated carbocycles. The maximum atomic E-state index is 11.8. The lowest BCUT2D eigenvalue weighted by molar-refractivity contribution is -0.122. The first-order valence-corrected chi connectivity index (χ1v) is 6.21. The van der Waals surface area contributed by atoms with Gasteiger partial charge in [0.25, 0.3) is 0 Å². The van der Waals surface area contributed by atoms with Gasteiger partial charge in [-0.15, -0.1) is 5.10 Å². The fraction of sp³-hybridized carbons (Fsp3) is 0.231. The molecule has 0 aliphatic heterocycles. The molecule has 0 aliphatic rings. The maximum absolute atomic E-state index is 11.8. The molecule has 0 radical (unpaired) electrons. The number of amides is 1. The van der Waals surface area contributed by atoms with Gasteiger partial charge in [0.2, 0.25) is 5.91 Å². The highest BCUT2D eigenvalue weighted by molar-refractivity contribution is 5.79. The number of benzene rings is 1. The van der Waals surface area contributed by atoms with E-state index in [1.807, 2.05) is 37.3 Å². The zero-order chi connectivity index (χ0) is 13.9. The third-order valence-electron chi connectivity index (χ3n) is 2.95. The van der Waals surface area contributed by atoms with Crippen LogP contribution < -0.4 is 5.32 Å². The number of nitrogens with zero attached hydrogens (tertiary/aromatic N) is 4. The molecular formula is C13H13N5O2. The van der Waals surface area contributed by atoms with Gasteiger partial charge in [0.15, 0.2) is 0 Å². The molecule has 3 rings (SSSR count). The number of fused-ring (bicyclic) bond motifs is 1. The summed E-state index contributed by atoms with van der Waals surface area (Å²) in [5.41, 5.74) is 0.809. The van der Waals surface area contributed by atoms with Crippen LogP contribution in [0.4, 0.5) is 0 Å². The van der Waals surface area contributed by atoms with Gasteiger partial charge in [0.1, 0.15) is 24.2 Å². The Hall–Kier alpha value is -2.70. The zero-order valence-corrected chi connectivity index (χ0v) is 10.9. The van der Waals surface area contributed by atoms with Crippen molar-refractivity contribution in [2.24, 2.45) is 0 Å². The smallest absolute Gasteiger partial charge is 0.242 e. The normalized spacial score (nSPS) is 12.4. The number of carbonyl (C=O) groups is 1. The first-order valence-electron chi connectivity index (χ1n) is 6.21. The molecule has 1 atom stereocenters. The Balaban J connectivity index is 1.69. The van der Waals surface area contributed by atoms with E-state index in [9.17, 15) is 4.79 Å². The minimum Gasteiger partial charge on any atom is -0.459 e. The van der Waals surface area contributed by atoms with Crippen LogP contribution in [0.1, 0.15) is 18.7 Å². The van der Waals surface area contributed by atoms with E-state index in [0.717, 1.165) is 16.7 Å². The number of hydrogen-bond acceptors (Lipinski definition) is 5. The first-order chi connectivity index (χ1) is 9.72. The second-order valence-corrected chi connectivity index (χ2v) is 4.48. The van der Waals surface area contributed by atoms with Gasteiger partial charge < -0.3 is 9.73 Å². The predicted molar refractivity (Wildman–Crippen MR) is 70.6 cm³/mol. The first kappa shape index (κ1) is 12.3. The number of rotatable bonds is 4. The molecule has 0 fully saturated rings. The number of furan rings is 1. The van der Waals surface area contributed by atoms with Crippen molar-refractivity contribution in [3.8, 4) is 0 Å². The van der Waals surface area contributed by atoms with Gasteiger partial charge in [-0.3, -0.25) is 4.79 Å². The summed E-state index contributed by atoms with van der Waals surface area (Å²) in [7, 11) is 0. The molecule has 1 unspecified atom stereocenters. The van der Waals surface area contributed by atoms with Crippen LogP contribution in [0.15, 0.2) is 41.1 Å². The van der Waals surface area contributed by atoms with Crippen molar-refractivity contribution >= 4 is 16.9 Å². The second-order valence-electron chi connectivity index (χ2n) is 4.48. The number of tetrazole rings is 1. The maximum Gasteiger partial charge on any atom is 0.242 e. The molecule has 20 heavy (non-hydrogen) atoms. The lowest BCUT2D eigenvalue weighted by atomic mass is 10.2. The van der Waals surface area contributed by atoms with E-state index in [0.29, 0.717) is 0 Å². The van der Waals surface area contributed by atoms with Crippen molar-refractivity contribution < 1.29 is 9.21 Å². The third-order valence-corrected chi connectivity index (χ3v) is 2.95. The summed E-state index contributed by atoms with van der Waals surface area (Å²) in [6.45, 7) is 1.95. The average Bonchev–Trinajstić information content (AvgIpc) is 3.06. The monoisotopic (exact) mass is 271 g/mol. The number of para-hydroxylation sites is 1. The van der Waals surface area contributed by atoms with Gasteiger partial charge in [-0.05, 0) is 29.5 Å². The quantitative estimate of drug-likeness (QED) is 0.773. The van der Waals surface area contributed by atoms with Crippen molar-refractivity contribution in [2.45, 2.75) is 19.5 Å². The van der Waals surface area contributed by atoms with E-state index in [4.69, 9.17) is 4.42 Å². The Morgan fingerprint density at radius 1 is 1.45 bits per heavy atom. The Bertz CT molecular complexity index is 686.